The summed E-state index contributed by atoms with van der Waals surface area (Å²) in [5.74, 6) is 0.0881. The molecule has 0 radical (unpaired) electrons. The highest BCUT2D eigenvalue weighted by atomic mass is 16.5. The van der Waals surface area contributed by atoms with E-state index in [1.807, 2.05) is 16.7 Å². The molecule has 0 spiro atoms. The van der Waals surface area contributed by atoms with Gasteiger partial charge in [0.05, 0.1) is 30.1 Å². The molecule has 0 unspecified atom stereocenters. The molecule has 2 aliphatic rings. The number of hydrogen-bond acceptors (Lipinski definition) is 4. The Morgan fingerprint density at radius 2 is 2.17 bits per heavy atom. The van der Waals surface area contributed by atoms with Gasteiger partial charge in [-0.15, -0.1) is 0 Å². The predicted molar refractivity (Wildman–Crippen MR) is 87.3 cm³/mol. The molecule has 0 bridgehead atoms. The molecule has 124 valence electrons. The van der Waals surface area contributed by atoms with Gasteiger partial charge >= 0.3 is 5.97 Å². The van der Waals surface area contributed by atoms with E-state index in [1.165, 1.54) is 18.4 Å². The number of ether oxygens (including phenoxy) is 1. The van der Waals surface area contributed by atoms with Crippen molar-refractivity contribution < 1.29 is 14.3 Å². The quantitative estimate of drug-likeness (QED) is 0.814. The van der Waals surface area contributed by atoms with Gasteiger partial charge in [0.25, 0.3) is 5.91 Å². The lowest BCUT2D eigenvalue weighted by molar-refractivity contribution is 0.0516. The molecule has 1 fully saturated rings. The Balaban J connectivity index is 1.86. The summed E-state index contributed by atoms with van der Waals surface area (Å²) in [7, 11) is 1.74. The lowest BCUT2D eigenvalue weighted by Gasteiger charge is -2.15. The third-order valence-corrected chi connectivity index (χ3v) is 4.63. The maximum Gasteiger partial charge on any atom is 0.358 e. The number of carbonyl (C=O) groups excluding carboxylic acids is 2. The molecule has 0 saturated heterocycles. The van der Waals surface area contributed by atoms with Crippen LogP contribution in [0.1, 0.15) is 57.8 Å². The average molecular weight is 325 g/mol. The Hall–Kier alpha value is -2.63. The standard InChI is InChI=1S/C18H19N3O3/c1-3-24-18(23)16-15-9-20(2)17(22)13-8-12(11-4-5-11)6-7-14(13)21(15)10-19-16/h6-8,10-11H,3-5,9H2,1-2H3. The number of nitrogens with zero attached hydrogens (tertiary/aromatic N) is 3. The number of carbonyl (C=O) groups is 2. The minimum Gasteiger partial charge on any atom is -0.461 e. The van der Waals surface area contributed by atoms with E-state index in [2.05, 4.69) is 11.1 Å². The highest BCUT2D eigenvalue weighted by Gasteiger charge is 2.31. The second-order valence-electron chi connectivity index (χ2n) is 6.34. The fourth-order valence-corrected chi connectivity index (χ4v) is 3.21. The highest BCUT2D eigenvalue weighted by molar-refractivity contribution is 5.99. The number of rotatable bonds is 3. The minimum absolute atomic E-state index is 0.0361. The molecule has 6 heteroatoms. The van der Waals surface area contributed by atoms with Crippen LogP contribution in [-0.4, -0.2) is 40.0 Å². The Labute approximate surface area is 140 Å². The zero-order valence-corrected chi connectivity index (χ0v) is 13.8. The average Bonchev–Trinajstić information content (AvgIpc) is 3.35. The van der Waals surface area contributed by atoms with Crippen molar-refractivity contribution in [3.63, 3.8) is 0 Å². The molecule has 2 heterocycles. The molecule has 1 aliphatic heterocycles. The van der Waals surface area contributed by atoms with Crippen molar-refractivity contribution in [2.45, 2.75) is 32.2 Å². The van der Waals surface area contributed by atoms with E-state index < -0.39 is 5.97 Å². The number of benzene rings is 1. The number of amides is 1. The van der Waals surface area contributed by atoms with Gasteiger partial charge in [-0.1, -0.05) is 6.07 Å². The van der Waals surface area contributed by atoms with E-state index in [0.29, 0.717) is 30.3 Å². The number of esters is 1. The largest absolute Gasteiger partial charge is 0.461 e. The molecular weight excluding hydrogens is 306 g/mol. The van der Waals surface area contributed by atoms with E-state index in [4.69, 9.17) is 4.74 Å². The van der Waals surface area contributed by atoms with E-state index in [1.54, 1.807) is 25.2 Å². The van der Waals surface area contributed by atoms with Crippen molar-refractivity contribution in [1.29, 1.82) is 0 Å². The summed E-state index contributed by atoms with van der Waals surface area (Å²) in [6, 6.07) is 6.02. The maximum absolute atomic E-state index is 12.8. The lowest BCUT2D eigenvalue weighted by Crippen LogP contribution is -2.26. The Morgan fingerprint density at radius 3 is 2.88 bits per heavy atom. The van der Waals surface area contributed by atoms with Crippen LogP contribution in [0.2, 0.25) is 0 Å². The van der Waals surface area contributed by atoms with Crippen molar-refractivity contribution in [2.24, 2.45) is 0 Å². The molecule has 24 heavy (non-hydrogen) atoms. The normalized spacial score (nSPS) is 16.4. The molecule has 4 rings (SSSR count). The van der Waals surface area contributed by atoms with Crippen LogP contribution in [0.3, 0.4) is 0 Å². The molecule has 0 N–H and O–H groups in total. The summed E-state index contributed by atoms with van der Waals surface area (Å²) < 4.78 is 6.92. The summed E-state index contributed by atoms with van der Waals surface area (Å²) in [5.41, 5.74) is 3.60. The van der Waals surface area contributed by atoms with E-state index in [9.17, 15) is 9.59 Å². The zero-order chi connectivity index (χ0) is 16.8. The van der Waals surface area contributed by atoms with Crippen molar-refractivity contribution in [2.75, 3.05) is 13.7 Å². The monoisotopic (exact) mass is 325 g/mol. The minimum atomic E-state index is -0.454. The second-order valence-corrected chi connectivity index (χ2v) is 6.34. The highest BCUT2D eigenvalue weighted by Crippen LogP contribution is 2.41. The molecule has 1 aromatic heterocycles. The summed E-state index contributed by atoms with van der Waals surface area (Å²) in [6.45, 7) is 2.37. The van der Waals surface area contributed by atoms with Crippen molar-refractivity contribution in [3.8, 4) is 5.69 Å². The predicted octanol–water partition coefficient (Wildman–Crippen LogP) is 2.51. The summed E-state index contributed by atoms with van der Waals surface area (Å²) >= 11 is 0. The molecular formula is C18H19N3O3. The van der Waals surface area contributed by atoms with Gasteiger partial charge in [0.15, 0.2) is 5.69 Å². The van der Waals surface area contributed by atoms with Gasteiger partial charge in [0.1, 0.15) is 6.33 Å². The molecule has 0 atom stereocenters. The SMILES string of the molecule is CCOC(=O)c1ncn2c1CN(C)C(=O)c1cc(C3CC3)ccc1-2. The van der Waals surface area contributed by atoms with Gasteiger partial charge < -0.3 is 9.64 Å². The molecule has 2 aromatic rings. The van der Waals surface area contributed by atoms with Crippen LogP contribution in [0.4, 0.5) is 0 Å². The van der Waals surface area contributed by atoms with Crippen LogP contribution in [0, 0.1) is 0 Å². The van der Waals surface area contributed by atoms with Gasteiger partial charge in [-0.2, -0.15) is 0 Å². The summed E-state index contributed by atoms with van der Waals surface area (Å²) in [5, 5.41) is 0. The summed E-state index contributed by atoms with van der Waals surface area (Å²) in [6.07, 6.45) is 3.97. The third kappa shape index (κ3) is 2.29. The Bertz CT molecular complexity index is 836. The molecule has 1 aromatic carbocycles. The van der Waals surface area contributed by atoms with Gasteiger partial charge in [-0.05, 0) is 43.4 Å². The van der Waals surface area contributed by atoms with Crippen LogP contribution < -0.4 is 0 Å². The van der Waals surface area contributed by atoms with Gasteiger partial charge in [-0.3, -0.25) is 9.36 Å². The van der Waals surface area contributed by atoms with Crippen molar-refractivity contribution in [3.05, 3.63) is 47.0 Å². The van der Waals surface area contributed by atoms with Crippen LogP contribution in [0.5, 0.6) is 0 Å². The fraction of sp³-hybridized carbons (Fsp3) is 0.389. The van der Waals surface area contributed by atoms with Gasteiger partial charge in [0, 0.05) is 7.05 Å². The first kappa shape index (κ1) is 14.9. The van der Waals surface area contributed by atoms with Gasteiger partial charge in [-0.25, -0.2) is 9.78 Å². The second kappa shape index (κ2) is 5.47. The fourth-order valence-electron chi connectivity index (χ4n) is 3.21. The number of fused-ring (bicyclic) bond motifs is 3. The van der Waals surface area contributed by atoms with E-state index >= 15 is 0 Å². The van der Waals surface area contributed by atoms with Crippen LogP contribution >= 0.6 is 0 Å². The molecule has 6 nitrogen and oxygen atoms in total. The Kier molecular flexibility index (Phi) is 3.40. The number of aromatic nitrogens is 2. The smallest absolute Gasteiger partial charge is 0.358 e. The first-order chi connectivity index (χ1) is 11.6. The van der Waals surface area contributed by atoms with Crippen LogP contribution in [-0.2, 0) is 11.3 Å². The molecule has 1 saturated carbocycles. The third-order valence-electron chi connectivity index (χ3n) is 4.63. The summed E-state index contributed by atoms with van der Waals surface area (Å²) in [4.78, 5) is 30.8. The van der Waals surface area contributed by atoms with E-state index in [-0.39, 0.29) is 11.6 Å². The molecule has 1 amide bonds. The molecule has 1 aliphatic carbocycles. The van der Waals surface area contributed by atoms with Crippen LogP contribution in [0.15, 0.2) is 24.5 Å². The zero-order valence-electron chi connectivity index (χ0n) is 13.8. The van der Waals surface area contributed by atoms with E-state index in [0.717, 1.165) is 5.69 Å². The first-order valence-electron chi connectivity index (χ1n) is 8.23. The van der Waals surface area contributed by atoms with Gasteiger partial charge in [0.2, 0.25) is 0 Å². The maximum atomic E-state index is 12.8. The number of imidazole rings is 1. The topological polar surface area (TPSA) is 64.4 Å². The Morgan fingerprint density at radius 1 is 1.38 bits per heavy atom. The first-order valence-corrected chi connectivity index (χ1v) is 8.23. The number of hydrogen-bond donors (Lipinski definition) is 0. The van der Waals surface area contributed by atoms with Crippen molar-refractivity contribution in [1.82, 2.24) is 14.5 Å². The van der Waals surface area contributed by atoms with Crippen molar-refractivity contribution >= 4 is 11.9 Å². The van der Waals surface area contributed by atoms with Crippen LogP contribution in [0.25, 0.3) is 5.69 Å². The lowest BCUT2D eigenvalue weighted by atomic mass is 10.0.